The van der Waals surface area contributed by atoms with Gasteiger partial charge < -0.3 is 4.74 Å². The number of nitrogens with zero attached hydrogens (tertiary/aromatic N) is 2. The molecule has 0 bridgehead atoms. The van der Waals surface area contributed by atoms with Gasteiger partial charge in [-0.3, -0.25) is 14.9 Å². The number of allylic oxidation sites excluding steroid dienone is 1. The number of ether oxygens (including phenoxy) is 1. The second-order valence-electron chi connectivity index (χ2n) is 5.64. The maximum Gasteiger partial charge on any atom is 0.348 e. The van der Waals surface area contributed by atoms with Crippen LogP contribution in [0, 0.1) is 17.0 Å². The van der Waals surface area contributed by atoms with Crippen molar-refractivity contribution in [2.45, 2.75) is 6.92 Å². The quantitative estimate of drug-likeness (QED) is 0.216. The van der Waals surface area contributed by atoms with E-state index in [-0.39, 0.29) is 11.5 Å². The summed E-state index contributed by atoms with van der Waals surface area (Å²) in [7, 11) is 1.31. The Morgan fingerprint density at radius 2 is 2.04 bits per heavy atom. The van der Waals surface area contributed by atoms with E-state index in [1.165, 1.54) is 42.9 Å². The third kappa shape index (κ3) is 3.61. The van der Waals surface area contributed by atoms with Crippen molar-refractivity contribution < 1.29 is 19.2 Å². The van der Waals surface area contributed by atoms with E-state index in [0.29, 0.717) is 31.8 Å². The number of aryl methyl sites for hydroxylation is 1. The average Bonchev–Trinajstić information content (AvgIpc) is 3.01. The highest BCUT2D eigenvalue weighted by molar-refractivity contribution is 7.20. The fraction of sp³-hybridized carbons (Fsp3) is 0.105. The molecule has 0 fully saturated rings. The number of para-hydroxylation sites is 1. The summed E-state index contributed by atoms with van der Waals surface area (Å²) in [4.78, 5) is 40.1. The van der Waals surface area contributed by atoms with Crippen LogP contribution in [0.3, 0.4) is 0 Å². The molecule has 7 nitrogen and oxygen atoms in total. The molecule has 1 aromatic carbocycles. The Morgan fingerprint density at radius 3 is 2.74 bits per heavy atom. The molecule has 8 heteroatoms. The van der Waals surface area contributed by atoms with Gasteiger partial charge in [0.2, 0.25) is 0 Å². The molecule has 27 heavy (non-hydrogen) atoms. The summed E-state index contributed by atoms with van der Waals surface area (Å²) < 4.78 is 4.75. The molecule has 0 aliphatic carbocycles. The van der Waals surface area contributed by atoms with E-state index in [4.69, 9.17) is 4.74 Å². The number of pyridine rings is 1. The molecule has 0 amide bonds. The Bertz CT molecular complexity index is 1100. The molecule has 0 N–H and O–H groups in total. The lowest BCUT2D eigenvalue weighted by Crippen LogP contribution is -1.99. The molecule has 0 radical (unpaired) electrons. The Labute approximate surface area is 158 Å². The van der Waals surface area contributed by atoms with Crippen LogP contribution < -0.4 is 0 Å². The van der Waals surface area contributed by atoms with E-state index in [2.05, 4.69) is 4.98 Å². The summed E-state index contributed by atoms with van der Waals surface area (Å²) in [6, 6.07) is 7.82. The van der Waals surface area contributed by atoms with Crippen molar-refractivity contribution >= 4 is 45.1 Å². The van der Waals surface area contributed by atoms with Gasteiger partial charge in [0.15, 0.2) is 5.78 Å². The first-order valence-electron chi connectivity index (χ1n) is 7.85. The minimum Gasteiger partial charge on any atom is -0.465 e. The van der Waals surface area contributed by atoms with E-state index >= 15 is 0 Å². The third-order valence-corrected chi connectivity index (χ3v) is 5.19. The number of rotatable bonds is 5. The monoisotopic (exact) mass is 382 g/mol. The van der Waals surface area contributed by atoms with E-state index < -0.39 is 10.9 Å². The molecule has 136 valence electrons. The van der Waals surface area contributed by atoms with Crippen LogP contribution in [-0.4, -0.2) is 28.8 Å². The molecule has 3 rings (SSSR count). The zero-order chi connectivity index (χ0) is 19.6. The van der Waals surface area contributed by atoms with Gasteiger partial charge in [-0.05, 0) is 36.8 Å². The van der Waals surface area contributed by atoms with Gasteiger partial charge in [-0.2, -0.15) is 0 Å². The minimum absolute atomic E-state index is 0.0773. The standard InChI is InChI=1S/C19H14N2O5S/c1-11-14-9-13(10-20-18(14)27-17(11)19(23)26-2)16(22)8-7-12-5-3-4-6-15(12)21(24)25/h3-10H,1-2H3. The summed E-state index contributed by atoms with van der Waals surface area (Å²) in [6.07, 6.45) is 4.10. The van der Waals surface area contributed by atoms with Crippen molar-refractivity contribution in [3.05, 3.63) is 74.3 Å². The molecule has 0 saturated heterocycles. The molecule has 0 unspecified atom stereocenters. The van der Waals surface area contributed by atoms with Crippen LogP contribution in [0.1, 0.15) is 31.2 Å². The van der Waals surface area contributed by atoms with Crippen LogP contribution in [0.4, 0.5) is 5.69 Å². The predicted octanol–water partition coefficient (Wildman–Crippen LogP) is 4.20. The van der Waals surface area contributed by atoms with Crippen molar-refractivity contribution in [1.29, 1.82) is 0 Å². The summed E-state index contributed by atoms with van der Waals surface area (Å²) in [5.41, 5.74) is 1.29. The fourth-order valence-corrected chi connectivity index (χ4v) is 3.63. The van der Waals surface area contributed by atoms with Gasteiger partial charge in [-0.25, -0.2) is 9.78 Å². The van der Waals surface area contributed by atoms with E-state index in [0.717, 1.165) is 0 Å². The Balaban J connectivity index is 1.94. The first kappa shape index (κ1) is 18.4. The highest BCUT2D eigenvalue weighted by Gasteiger charge is 2.18. The fourth-order valence-electron chi connectivity index (χ4n) is 2.58. The van der Waals surface area contributed by atoms with Gasteiger partial charge in [0, 0.05) is 23.2 Å². The normalized spacial score (nSPS) is 11.0. The highest BCUT2D eigenvalue weighted by Crippen LogP contribution is 2.30. The molecule has 0 atom stereocenters. The highest BCUT2D eigenvalue weighted by atomic mass is 32.1. The predicted molar refractivity (Wildman–Crippen MR) is 102 cm³/mol. The number of carbonyl (C=O) groups excluding carboxylic acids is 2. The second-order valence-corrected chi connectivity index (χ2v) is 6.64. The molecule has 3 aromatic rings. The summed E-state index contributed by atoms with van der Waals surface area (Å²) in [6.45, 7) is 1.77. The lowest BCUT2D eigenvalue weighted by molar-refractivity contribution is -0.385. The van der Waals surface area contributed by atoms with Gasteiger partial charge in [-0.1, -0.05) is 12.1 Å². The number of thiophene rings is 1. The number of esters is 1. The summed E-state index contributed by atoms with van der Waals surface area (Å²) in [5.74, 6) is -0.785. The van der Waals surface area contributed by atoms with E-state index in [9.17, 15) is 19.7 Å². The maximum absolute atomic E-state index is 12.5. The van der Waals surface area contributed by atoms with Crippen LogP contribution in [0.15, 0.2) is 42.6 Å². The second kappa shape index (κ2) is 7.46. The zero-order valence-corrected chi connectivity index (χ0v) is 15.3. The topological polar surface area (TPSA) is 99.4 Å². The SMILES string of the molecule is COC(=O)c1sc2ncc(C(=O)C=Cc3ccccc3[N+](=O)[O-])cc2c1C. The van der Waals surface area contributed by atoms with Crippen LogP contribution in [0.5, 0.6) is 0 Å². The molecule has 2 heterocycles. The lowest BCUT2D eigenvalue weighted by Gasteiger charge is -1.99. The number of nitro groups is 1. The molecule has 2 aromatic heterocycles. The number of hydrogen-bond acceptors (Lipinski definition) is 7. The van der Waals surface area contributed by atoms with Crippen LogP contribution >= 0.6 is 11.3 Å². The van der Waals surface area contributed by atoms with Crippen molar-refractivity contribution in [3.63, 3.8) is 0 Å². The van der Waals surface area contributed by atoms with Crippen molar-refractivity contribution in [2.75, 3.05) is 7.11 Å². The maximum atomic E-state index is 12.5. The Hall–Kier alpha value is -3.39. The first-order valence-corrected chi connectivity index (χ1v) is 8.67. The van der Waals surface area contributed by atoms with Crippen molar-refractivity contribution in [3.8, 4) is 0 Å². The molecule has 0 aliphatic heterocycles. The van der Waals surface area contributed by atoms with E-state index in [1.54, 1.807) is 31.2 Å². The smallest absolute Gasteiger partial charge is 0.348 e. The van der Waals surface area contributed by atoms with Gasteiger partial charge in [0.1, 0.15) is 9.71 Å². The van der Waals surface area contributed by atoms with E-state index in [1.807, 2.05) is 0 Å². The third-order valence-electron chi connectivity index (χ3n) is 4.00. The Kier molecular flexibility index (Phi) is 5.09. The minimum atomic E-state index is -0.499. The molecule has 0 saturated carbocycles. The molecule has 0 aliphatic rings. The zero-order valence-electron chi connectivity index (χ0n) is 14.5. The first-order chi connectivity index (χ1) is 12.9. The number of fused-ring (bicyclic) bond motifs is 1. The molecular weight excluding hydrogens is 368 g/mol. The van der Waals surface area contributed by atoms with Gasteiger partial charge in [0.05, 0.1) is 17.6 Å². The summed E-state index contributed by atoms with van der Waals surface area (Å²) in [5, 5.41) is 11.7. The number of aromatic nitrogens is 1. The molecule has 0 spiro atoms. The van der Waals surface area contributed by atoms with Crippen LogP contribution in [-0.2, 0) is 4.74 Å². The lowest BCUT2D eigenvalue weighted by atomic mass is 10.1. The number of hydrogen-bond donors (Lipinski definition) is 0. The van der Waals surface area contributed by atoms with Crippen LogP contribution in [0.25, 0.3) is 16.3 Å². The average molecular weight is 382 g/mol. The van der Waals surface area contributed by atoms with Crippen molar-refractivity contribution in [1.82, 2.24) is 4.98 Å². The number of ketones is 1. The number of benzene rings is 1. The number of carbonyl (C=O) groups is 2. The largest absolute Gasteiger partial charge is 0.465 e. The number of nitro benzene ring substituents is 1. The van der Waals surface area contributed by atoms with Gasteiger partial charge in [0.25, 0.3) is 5.69 Å². The Morgan fingerprint density at radius 1 is 1.30 bits per heavy atom. The summed E-state index contributed by atoms with van der Waals surface area (Å²) >= 11 is 1.20. The van der Waals surface area contributed by atoms with Gasteiger partial charge >= 0.3 is 5.97 Å². The van der Waals surface area contributed by atoms with Gasteiger partial charge in [-0.15, -0.1) is 11.3 Å². The van der Waals surface area contributed by atoms with Crippen LogP contribution in [0.2, 0.25) is 0 Å². The van der Waals surface area contributed by atoms with Crippen molar-refractivity contribution in [2.24, 2.45) is 0 Å². The molecular formula is C19H14N2O5S. The number of methoxy groups -OCH3 is 1.